The number of carboxylic acids is 1. The normalized spacial score (nSPS) is 31.2. The number of hydrogen-bond acceptors (Lipinski definition) is 6. The van der Waals surface area contributed by atoms with Gasteiger partial charge < -0.3 is 24.1 Å². The molecule has 7 nitrogen and oxygen atoms in total. The number of aliphatic carboxylic acids is 1. The van der Waals surface area contributed by atoms with E-state index in [1.165, 1.54) is 0 Å². The zero-order valence-corrected chi connectivity index (χ0v) is 12.5. The maximum atomic E-state index is 12.7. The zero-order valence-electron chi connectivity index (χ0n) is 12.5. The quantitative estimate of drug-likeness (QED) is 0.443. The first-order chi connectivity index (χ1) is 10.6. The number of hydrogen-bond donors (Lipinski definition) is 1. The number of ether oxygens (including phenoxy) is 4. The lowest BCUT2D eigenvalue weighted by Crippen LogP contribution is -2.37. The van der Waals surface area contributed by atoms with E-state index in [1.807, 2.05) is 0 Å². The number of esters is 1. The van der Waals surface area contributed by atoms with Gasteiger partial charge in [-0.25, -0.2) is 0 Å². The van der Waals surface area contributed by atoms with Gasteiger partial charge in [-0.05, 0) is 25.7 Å². The van der Waals surface area contributed by atoms with Gasteiger partial charge in [0.25, 0.3) is 0 Å². The van der Waals surface area contributed by atoms with Crippen LogP contribution >= 0.6 is 0 Å². The predicted octanol–water partition coefficient (Wildman–Crippen LogP) is 0.747. The average Bonchev–Trinajstić information content (AvgIpc) is 3.32. The van der Waals surface area contributed by atoms with Crippen LogP contribution < -0.4 is 0 Å². The topological polar surface area (TPSA) is 101 Å². The highest BCUT2D eigenvalue weighted by Gasteiger charge is 2.48. The van der Waals surface area contributed by atoms with Gasteiger partial charge in [-0.3, -0.25) is 9.59 Å². The van der Waals surface area contributed by atoms with Crippen molar-refractivity contribution in [2.75, 3.05) is 26.4 Å². The Balaban J connectivity index is 1.63. The van der Waals surface area contributed by atoms with E-state index in [4.69, 9.17) is 24.1 Å². The molecule has 3 aliphatic rings. The molecule has 1 N–H and O–H groups in total. The molecule has 124 valence electrons. The minimum absolute atomic E-state index is 0.0232. The molecule has 0 amide bonds. The van der Waals surface area contributed by atoms with Crippen molar-refractivity contribution in [1.29, 1.82) is 0 Å². The second kappa shape index (κ2) is 6.52. The third-order valence-electron chi connectivity index (χ3n) is 4.32. The molecule has 3 rings (SSSR count). The minimum atomic E-state index is -0.848. The summed E-state index contributed by atoms with van der Waals surface area (Å²) in [4.78, 5) is 23.4. The van der Waals surface area contributed by atoms with Crippen molar-refractivity contribution in [2.24, 2.45) is 5.41 Å². The Hall–Kier alpha value is -1.18. The Morgan fingerprint density at radius 1 is 1.05 bits per heavy atom. The molecule has 3 fully saturated rings. The molecule has 0 aromatic carbocycles. The maximum Gasteiger partial charge on any atom is 0.312 e. The van der Waals surface area contributed by atoms with Crippen molar-refractivity contribution >= 4 is 11.9 Å². The van der Waals surface area contributed by atoms with Crippen LogP contribution in [0, 0.1) is 5.41 Å². The van der Waals surface area contributed by atoms with Crippen molar-refractivity contribution in [3.63, 3.8) is 0 Å². The van der Waals surface area contributed by atoms with Crippen molar-refractivity contribution in [3.05, 3.63) is 0 Å². The molecule has 3 saturated heterocycles. The van der Waals surface area contributed by atoms with Gasteiger partial charge in [-0.15, -0.1) is 0 Å². The smallest absolute Gasteiger partial charge is 0.312 e. The van der Waals surface area contributed by atoms with Crippen LogP contribution in [0.2, 0.25) is 0 Å². The lowest BCUT2D eigenvalue weighted by atomic mass is 9.75. The Kier molecular flexibility index (Phi) is 4.65. The van der Waals surface area contributed by atoms with Crippen LogP contribution in [-0.2, 0) is 28.5 Å². The van der Waals surface area contributed by atoms with Gasteiger partial charge in [0.15, 0.2) is 0 Å². The molecule has 0 spiro atoms. The molecule has 0 radical (unpaired) electrons. The molecule has 3 aliphatic heterocycles. The van der Waals surface area contributed by atoms with E-state index in [9.17, 15) is 9.59 Å². The fourth-order valence-electron chi connectivity index (χ4n) is 2.86. The molecule has 0 aromatic heterocycles. The number of epoxide rings is 3. The summed E-state index contributed by atoms with van der Waals surface area (Å²) < 4.78 is 21.1. The Morgan fingerprint density at radius 3 is 2.05 bits per heavy atom. The summed E-state index contributed by atoms with van der Waals surface area (Å²) in [5.41, 5.74) is -0.702. The molecule has 3 unspecified atom stereocenters. The molecule has 3 heterocycles. The highest BCUT2D eigenvalue weighted by Crippen LogP contribution is 2.43. The summed E-state index contributed by atoms with van der Waals surface area (Å²) in [6.45, 7) is 2.23. The predicted molar refractivity (Wildman–Crippen MR) is 73.3 cm³/mol. The van der Waals surface area contributed by atoms with Gasteiger partial charge in [0, 0.05) is 6.42 Å². The van der Waals surface area contributed by atoms with Crippen molar-refractivity contribution in [3.8, 4) is 0 Å². The highest BCUT2D eigenvalue weighted by molar-refractivity contribution is 5.77. The second-order valence-corrected chi connectivity index (χ2v) is 6.40. The third-order valence-corrected chi connectivity index (χ3v) is 4.32. The van der Waals surface area contributed by atoms with Crippen LogP contribution in [0.5, 0.6) is 0 Å². The molecule has 0 aromatic rings. The standard InChI is InChI=1S/C15H22O7/c16-13(17)2-1-3-15(4-10-6-19-10,5-11-7-20-11)14(18)22-9-12-8-21-12/h10-12H,1-9H2,(H,16,17). The van der Waals surface area contributed by atoms with Crippen LogP contribution in [0.15, 0.2) is 0 Å². The first-order valence-corrected chi connectivity index (χ1v) is 7.81. The SMILES string of the molecule is O=C(O)CCCC(CC1CO1)(CC1CO1)C(=O)OCC1CO1. The van der Waals surface area contributed by atoms with Crippen LogP contribution in [-0.4, -0.2) is 61.8 Å². The van der Waals surface area contributed by atoms with Crippen molar-refractivity contribution in [2.45, 2.75) is 50.4 Å². The average molecular weight is 314 g/mol. The summed E-state index contributed by atoms with van der Waals surface area (Å²) in [6.07, 6.45) is 2.33. The zero-order chi connectivity index (χ0) is 15.6. The van der Waals surface area contributed by atoms with Gasteiger partial charge in [0.2, 0.25) is 0 Å². The first-order valence-electron chi connectivity index (χ1n) is 7.81. The summed E-state index contributed by atoms with van der Waals surface area (Å²) in [7, 11) is 0. The summed E-state index contributed by atoms with van der Waals surface area (Å²) in [5, 5.41) is 8.84. The van der Waals surface area contributed by atoms with Crippen LogP contribution in [0.4, 0.5) is 0 Å². The van der Waals surface area contributed by atoms with Crippen LogP contribution in [0.1, 0.15) is 32.1 Å². The lowest BCUT2D eigenvalue weighted by Gasteiger charge is -2.30. The molecule has 3 atom stereocenters. The number of carbonyl (C=O) groups excluding carboxylic acids is 1. The molecule has 7 heteroatoms. The fraction of sp³-hybridized carbons (Fsp3) is 0.867. The molecular weight excluding hydrogens is 292 g/mol. The lowest BCUT2D eigenvalue weighted by molar-refractivity contribution is -0.159. The van der Waals surface area contributed by atoms with E-state index in [1.54, 1.807) is 0 Å². The number of carboxylic acid groups (broad SMARTS) is 1. The Morgan fingerprint density at radius 2 is 1.59 bits per heavy atom. The minimum Gasteiger partial charge on any atom is -0.481 e. The van der Waals surface area contributed by atoms with E-state index in [2.05, 4.69) is 0 Å². The van der Waals surface area contributed by atoms with E-state index < -0.39 is 11.4 Å². The van der Waals surface area contributed by atoms with Crippen LogP contribution in [0.3, 0.4) is 0 Å². The van der Waals surface area contributed by atoms with E-state index in [-0.39, 0.29) is 37.3 Å². The number of carbonyl (C=O) groups is 2. The Labute approximate surface area is 128 Å². The second-order valence-electron chi connectivity index (χ2n) is 6.40. The maximum absolute atomic E-state index is 12.7. The molecular formula is C15H22O7. The van der Waals surface area contributed by atoms with E-state index in [0.29, 0.717) is 45.5 Å². The molecule has 0 aliphatic carbocycles. The van der Waals surface area contributed by atoms with Gasteiger partial charge in [0.1, 0.15) is 12.7 Å². The van der Waals surface area contributed by atoms with Gasteiger partial charge in [0.05, 0.1) is 37.4 Å². The Bertz CT molecular complexity index is 410. The summed E-state index contributed by atoms with van der Waals surface area (Å²) in [6, 6.07) is 0. The summed E-state index contributed by atoms with van der Waals surface area (Å²) >= 11 is 0. The largest absolute Gasteiger partial charge is 0.481 e. The molecule has 22 heavy (non-hydrogen) atoms. The van der Waals surface area contributed by atoms with E-state index in [0.717, 1.165) is 0 Å². The number of rotatable bonds is 11. The fourth-order valence-corrected chi connectivity index (χ4v) is 2.86. The van der Waals surface area contributed by atoms with E-state index >= 15 is 0 Å². The molecule has 0 bridgehead atoms. The van der Waals surface area contributed by atoms with Gasteiger partial charge >= 0.3 is 11.9 Å². The van der Waals surface area contributed by atoms with Gasteiger partial charge in [-0.1, -0.05) is 0 Å². The van der Waals surface area contributed by atoms with Gasteiger partial charge in [-0.2, -0.15) is 0 Å². The third kappa shape index (κ3) is 4.66. The monoisotopic (exact) mass is 314 g/mol. The van der Waals surface area contributed by atoms with Crippen molar-refractivity contribution in [1.82, 2.24) is 0 Å². The summed E-state index contributed by atoms with van der Waals surface area (Å²) in [5.74, 6) is -1.11. The molecule has 0 saturated carbocycles. The van der Waals surface area contributed by atoms with Crippen molar-refractivity contribution < 1.29 is 33.6 Å². The van der Waals surface area contributed by atoms with Crippen LogP contribution in [0.25, 0.3) is 0 Å². The first kappa shape index (κ1) is 15.7. The highest BCUT2D eigenvalue weighted by atomic mass is 16.6.